The van der Waals surface area contributed by atoms with Crippen LogP contribution in [0.15, 0.2) is 0 Å². The Morgan fingerprint density at radius 2 is 1.43 bits per heavy atom. The zero-order chi connectivity index (χ0) is 14.6. The number of aromatic nitrogens is 2. The molecule has 1 aromatic rings. The number of hydrogen-bond donors (Lipinski definition) is 0. The highest BCUT2D eigenvalue weighted by Crippen LogP contribution is 2.60. The predicted molar refractivity (Wildman–Crippen MR) is 85.9 cm³/mol. The first kappa shape index (κ1) is 14.3. The van der Waals surface area contributed by atoms with E-state index >= 15 is 0 Å². The van der Waals surface area contributed by atoms with Gasteiger partial charge in [-0.1, -0.05) is 36.5 Å². The Labute approximate surface area is 136 Å². The van der Waals surface area contributed by atoms with Gasteiger partial charge in [0.05, 0.1) is 0 Å². The molecule has 0 spiro atoms. The van der Waals surface area contributed by atoms with Gasteiger partial charge in [0.2, 0.25) is 0 Å². The fourth-order valence-corrected chi connectivity index (χ4v) is 6.09. The fraction of sp³-hybridized carbons (Fsp3) is 0.765. The van der Waals surface area contributed by atoms with Gasteiger partial charge in [0.25, 0.3) is 0 Å². The number of halogens is 2. The Kier molecular flexibility index (Phi) is 3.46. The van der Waals surface area contributed by atoms with Crippen LogP contribution in [-0.4, -0.2) is 9.97 Å². The fourth-order valence-electron chi connectivity index (χ4n) is 5.51. The van der Waals surface area contributed by atoms with Crippen LogP contribution in [0.4, 0.5) is 0 Å². The highest BCUT2D eigenvalue weighted by atomic mass is 35.5. The standard InChI is InChI=1S/C17H22Cl2N2/c1-2-3-13-14(18)20-16(21-15(13)19)17-7-10-4-11(8-17)6-12(5-10)9-17/h10-12H,2-9H2,1H3. The van der Waals surface area contributed by atoms with Gasteiger partial charge >= 0.3 is 0 Å². The van der Waals surface area contributed by atoms with Crippen LogP contribution in [0.2, 0.25) is 10.3 Å². The Bertz CT molecular complexity index is 512. The molecule has 4 fully saturated rings. The molecule has 0 saturated heterocycles. The van der Waals surface area contributed by atoms with Crippen LogP contribution in [-0.2, 0) is 11.8 Å². The van der Waals surface area contributed by atoms with Crippen LogP contribution in [0.5, 0.6) is 0 Å². The third-order valence-electron chi connectivity index (χ3n) is 5.92. The number of hydrogen-bond acceptors (Lipinski definition) is 2. The maximum Gasteiger partial charge on any atom is 0.138 e. The Hall–Kier alpha value is -0.340. The van der Waals surface area contributed by atoms with Crippen LogP contribution in [0.25, 0.3) is 0 Å². The molecule has 0 N–H and O–H groups in total. The third-order valence-corrected chi connectivity index (χ3v) is 6.54. The molecule has 4 aliphatic carbocycles. The van der Waals surface area contributed by atoms with Crippen LogP contribution in [0.3, 0.4) is 0 Å². The molecular formula is C17H22Cl2N2. The molecule has 21 heavy (non-hydrogen) atoms. The molecule has 4 heteroatoms. The average molecular weight is 325 g/mol. The highest BCUT2D eigenvalue weighted by molar-refractivity contribution is 6.34. The Balaban J connectivity index is 1.73. The van der Waals surface area contributed by atoms with Crippen molar-refractivity contribution < 1.29 is 0 Å². The SMILES string of the molecule is CCCc1c(Cl)nc(C23CC4CC(CC(C4)C2)C3)nc1Cl. The smallest absolute Gasteiger partial charge is 0.138 e. The van der Waals surface area contributed by atoms with E-state index in [4.69, 9.17) is 33.2 Å². The summed E-state index contributed by atoms with van der Waals surface area (Å²) in [5.74, 6) is 3.59. The van der Waals surface area contributed by atoms with Crippen molar-refractivity contribution in [2.24, 2.45) is 17.8 Å². The Morgan fingerprint density at radius 3 is 1.86 bits per heavy atom. The molecule has 5 rings (SSSR count). The summed E-state index contributed by atoms with van der Waals surface area (Å²) in [5.41, 5.74) is 1.10. The van der Waals surface area contributed by atoms with Crippen LogP contribution >= 0.6 is 23.2 Å². The minimum absolute atomic E-state index is 0.173. The molecule has 1 aromatic heterocycles. The summed E-state index contributed by atoms with van der Waals surface area (Å²) >= 11 is 12.8. The number of rotatable bonds is 3. The van der Waals surface area contributed by atoms with Gasteiger partial charge in [-0.05, 0) is 62.7 Å². The van der Waals surface area contributed by atoms with E-state index < -0.39 is 0 Å². The third kappa shape index (κ3) is 2.30. The first-order valence-corrected chi connectivity index (χ1v) is 9.07. The van der Waals surface area contributed by atoms with E-state index in [0.717, 1.165) is 42.0 Å². The lowest BCUT2D eigenvalue weighted by atomic mass is 9.49. The van der Waals surface area contributed by atoms with Crippen molar-refractivity contribution in [3.63, 3.8) is 0 Å². The van der Waals surface area contributed by atoms with Gasteiger partial charge in [-0.15, -0.1) is 0 Å². The summed E-state index contributed by atoms with van der Waals surface area (Å²) in [6.07, 6.45) is 9.90. The lowest BCUT2D eigenvalue weighted by Crippen LogP contribution is -2.49. The Morgan fingerprint density at radius 1 is 0.952 bits per heavy atom. The highest BCUT2D eigenvalue weighted by Gasteiger charge is 2.53. The molecule has 0 aliphatic heterocycles. The molecule has 114 valence electrons. The largest absolute Gasteiger partial charge is 0.220 e. The van der Waals surface area contributed by atoms with E-state index in [9.17, 15) is 0 Å². The van der Waals surface area contributed by atoms with E-state index in [0.29, 0.717) is 10.3 Å². The van der Waals surface area contributed by atoms with Gasteiger partial charge in [0.15, 0.2) is 0 Å². The first-order chi connectivity index (χ1) is 10.1. The number of nitrogens with zero attached hydrogens (tertiary/aromatic N) is 2. The molecule has 4 aliphatic rings. The maximum absolute atomic E-state index is 6.42. The summed E-state index contributed by atoms with van der Waals surface area (Å²) in [4.78, 5) is 9.42. The molecule has 0 unspecified atom stereocenters. The van der Waals surface area contributed by atoms with Gasteiger partial charge in [0, 0.05) is 11.0 Å². The summed E-state index contributed by atoms with van der Waals surface area (Å²) in [7, 11) is 0. The van der Waals surface area contributed by atoms with E-state index in [-0.39, 0.29) is 5.41 Å². The first-order valence-electron chi connectivity index (χ1n) is 8.32. The van der Waals surface area contributed by atoms with E-state index in [1.165, 1.54) is 38.5 Å². The van der Waals surface area contributed by atoms with Crippen molar-refractivity contribution in [2.75, 3.05) is 0 Å². The molecule has 2 nitrogen and oxygen atoms in total. The molecule has 4 bridgehead atoms. The molecule has 0 radical (unpaired) electrons. The second kappa shape index (κ2) is 5.09. The molecule has 0 atom stereocenters. The zero-order valence-corrected chi connectivity index (χ0v) is 14.1. The average Bonchev–Trinajstić information content (AvgIpc) is 2.41. The summed E-state index contributed by atoms with van der Waals surface area (Å²) in [6.45, 7) is 2.12. The van der Waals surface area contributed by atoms with Crippen molar-refractivity contribution in [1.82, 2.24) is 9.97 Å². The van der Waals surface area contributed by atoms with Gasteiger partial charge in [-0.3, -0.25) is 0 Å². The quantitative estimate of drug-likeness (QED) is 0.714. The zero-order valence-electron chi connectivity index (χ0n) is 12.5. The lowest BCUT2D eigenvalue weighted by Gasteiger charge is -2.56. The second-order valence-electron chi connectivity index (χ2n) is 7.56. The molecular weight excluding hydrogens is 303 g/mol. The molecule has 1 heterocycles. The normalized spacial score (nSPS) is 37.2. The monoisotopic (exact) mass is 324 g/mol. The summed E-state index contributed by atoms with van der Waals surface area (Å²) in [6, 6.07) is 0. The van der Waals surface area contributed by atoms with Crippen LogP contribution in [0.1, 0.15) is 63.3 Å². The summed E-state index contributed by atoms with van der Waals surface area (Å²) < 4.78 is 0. The molecule has 0 aromatic carbocycles. The minimum atomic E-state index is 0.173. The van der Waals surface area contributed by atoms with E-state index in [1.54, 1.807) is 0 Å². The minimum Gasteiger partial charge on any atom is -0.220 e. The molecule has 0 amide bonds. The molecule has 4 saturated carbocycles. The van der Waals surface area contributed by atoms with Crippen LogP contribution in [0, 0.1) is 17.8 Å². The van der Waals surface area contributed by atoms with Gasteiger partial charge in [-0.25, -0.2) is 9.97 Å². The van der Waals surface area contributed by atoms with Crippen molar-refractivity contribution in [3.8, 4) is 0 Å². The van der Waals surface area contributed by atoms with Gasteiger partial charge < -0.3 is 0 Å². The van der Waals surface area contributed by atoms with Crippen molar-refractivity contribution in [3.05, 3.63) is 21.7 Å². The van der Waals surface area contributed by atoms with E-state index in [2.05, 4.69) is 6.92 Å². The topological polar surface area (TPSA) is 25.8 Å². The van der Waals surface area contributed by atoms with Crippen molar-refractivity contribution in [2.45, 2.75) is 63.7 Å². The predicted octanol–water partition coefficient (Wildman–Crippen LogP) is 5.20. The van der Waals surface area contributed by atoms with Crippen LogP contribution < -0.4 is 0 Å². The maximum atomic E-state index is 6.42. The lowest BCUT2D eigenvalue weighted by molar-refractivity contribution is -0.00940. The van der Waals surface area contributed by atoms with Gasteiger partial charge in [-0.2, -0.15) is 0 Å². The van der Waals surface area contributed by atoms with Crippen molar-refractivity contribution in [1.29, 1.82) is 0 Å². The van der Waals surface area contributed by atoms with Gasteiger partial charge in [0.1, 0.15) is 16.1 Å². The van der Waals surface area contributed by atoms with E-state index in [1.807, 2.05) is 0 Å². The summed E-state index contributed by atoms with van der Waals surface area (Å²) in [5, 5.41) is 1.17. The second-order valence-corrected chi connectivity index (χ2v) is 8.27. The van der Waals surface area contributed by atoms with Crippen molar-refractivity contribution >= 4 is 23.2 Å².